The molecule has 28 heavy (non-hydrogen) atoms. The highest BCUT2D eigenvalue weighted by Gasteiger charge is 2.50. The second-order valence-corrected chi connectivity index (χ2v) is 8.67. The molecule has 10 heteroatoms. The molecular weight excluding hydrogens is 378 g/mol. The molecule has 5 rings (SSSR count). The van der Waals surface area contributed by atoms with Crippen LogP contribution in [0.3, 0.4) is 0 Å². The molecule has 0 aromatic carbocycles. The fourth-order valence-corrected chi connectivity index (χ4v) is 5.55. The Bertz CT molecular complexity index is 882. The van der Waals surface area contributed by atoms with Gasteiger partial charge >= 0.3 is 0 Å². The number of nitrogens with zero attached hydrogens (tertiary/aromatic N) is 6. The lowest BCUT2D eigenvalue weighted by Crippen LogP contribution is -2.50. The molecule has 1 spiro atoms. The van der Waals surface area contributed by atoms with Crippen molar-refractivity contribution in [3.63, 3.8) is 0 Å². The number of H-pyrrole nitrogens is 1. The lowest BCUT2D eigenvalue weighted by atomic mass is 9.88. The third-order valence-electron chi connectivity index (χ3n) is 6.46. The Hall–Kier alpha value is -2.36. The number of hydrogen-bond donors (Lipinski definition) is 1. The molecule has 0 radical (unpaired) electrons. The minimum atomic E-state index is -0.225. The van der Waals surface area contributed by atoms with Gasteiger partial charge in [-0.05, 0) is 50.1 Å². The SMILES string of the molecule is O=C(C1CCCc2n[nH]nc21)N1CCC2(CCCN2C(=O)Cc2csnn2)C1. The fourth-order valence-electron chi connectivity index (χ4n) is 5.10. The minimum absolute atomic E-state index is 0.0935. The number of aromatic nitrogens is 5. The van der Waals surface area contributed by atoms with Gasteiger partial charge in [-0.2, -0.15) is 15.4 Å². The quantitative estimate of drug-likeness (QED) is 0.819. The molecule has 2 aromatic heterocycles. The largest absolute Gasteiger partial charge is 0.340 e. The predicted octanol–water partition coefficient (Wildman–Crippen LogP) is 0.912. The zero-order valence-corrected chi connectivity index (χ0v) is 16.5. The first kappa shape index (κ1) is 17.7. The smallest absolute Gasteiger partial charge is 0.231 e. The summed E-state index contributed by atoms with van der Waals surface area (Å²) in [6.45, 7) is 2.08. The molecule has 0 bridgehead atoms. The van der Waals surface area contributed by atoms with E-state index in [1.54, 1.807) is 0 Å². The Morgan fingerprint density at radius 1 is 1.25 bits per heavy atom. The molecule has 148 valence electrons. The number of fused-ring (bicyclic) bond motifs is 1. The maximum Gasteiger partial charge on any atom is 0.231 e. The molecule has 2 fully saturated rings. The average molecular weight is 401 g/mol. The first-order valence-corrected chi connectivity index (χ1v) is 10.7. The highest BCUT2D eigenvalue weighted by atomic mass is 32.1. The van der Waals surface area contributed by atoms with Gasteiger partial charge in [-0.1, -0.05) is 4.49 Å². The summed E-state index contributed by atoms with van der Waals surface area (Å²) in [6.07, 6.45) is 5.74. The van der Waals surface area contributed by atoms with Gasteiger partial charge < -0.3 is 9.80 Å². The molecule has 2 atom stereocenters. The third-order valence-corrected chi connectivity index (χ3v) is 7.02. The molecule has 4 heterocycles. The average Bonchev–Trinajstić information content (AvgIpc) is 3.49. The fraction of sp³-hybridized carbons (Fsp3) is 0.667. The summed E-state index contributed by atoms with van der Waals surface area (Å²) < 4.78 is 3.85. The van der Waals surface area contributed by atoms with Gasteiger partial charge in [-0.3, -0.25) is 9.59 Å². The van der Waals surface area contributed by atoms with Crippen LogP contribution in [0.1, 0.15) is 55.1 Å². The zero-order chi connectivity index (χ0) is 19.1. The van der Waals surface area contributed by atoms with Gasteiger partial charge in [0.05, 0.1) is 35.0 Å². The van der Waals surface area contributed by atoms with Crippen molar-refractivity contribution in [2.24, 2.45) is 0 Å². The van der Waals surface area contributed by atoms with E-state index in [4.69, 9.17) is 0 Å². The van der Waals surface area contributed by atoms with E-state index in [9.17, 15) is 9.59 Å². The molecule has 2 aromatic rings. The Labute approximate surface area is 166 Å². The van der Waals surface area contributed by atoms with E-state index >= 15 is 0 Å². The molecule has 3 aliphatic rings. The summed E-state index contributed by atoms with van der Waals surface area (Å²) in [7, 11) is 0. The van der Waals surface area contributed by atoms with Crippen molar-refractivity contribution in [2.45, 2.75) is 56.4 Å². The molecule has 1 N–H and O–H groups in total. The number of carbonyl (C=O) groups excluding carboxylic acids is 2. The van der Waals surface area contributed by atoms with Gasteiger partial charge in [-0.15, -0.1) is 5.10 Å². The lowest BCUT2D eigenvalue weighted by molar-refractivity contribution is -0.137. The van der Waals surface area contributed by atoms with Crippen LogP contribution >= 0.6 is 11.5 Å². The van der Waals surface area contributed by atoms with Crippen molar-refractivity contribution in [1.82, 2.24) is 34.8 Å². The topological polar surface area (TPSA) is 108 Å². The van der Waals surface area contributed by atoms with Crippen LogP contribution in [-0.4, -0.2) is 71.8 Å². The minimum Gasteiger partial charge on any atom is -0.340 e. The Balaban J connectivity index is 1.31. The Morgan fingerprint density at radius 2 is 2.18 bits per heavy atom. The maximum absolute atomic E-state index is 13.3. The molecule has 2 unspecified atom stereocenters. The van der Waals surface area contributed by atoms with E-state index in [0.717, 1.165) is 62.2 Å². The Kier molecular flexibility index (Phi) is 4.37. The second-order valence-electron chi connectivity index (χ2n) is 8.06. The van der Waals surface area contributed by atoms with Crippen molar-refractivity contribution >= 4 is 23.3 Å². The molecular formula is C18H23N7O2S. The van der Waals surface area contributed by atoms with Gasteiger partial charge in [-0.25, -0.2) is 0 Å². The third kappa shape index (κ3) is 2.90. The summed E-state index contributed by atoms with van der Waals surface area (Å²) >= 11 is 1.26. The van der Waals surface area contributed by atoms with E-state index in [1.807, 2.05) is 15.2 Å². The van der Waals surface area contributed by atoms with E-state index in [-0.39, 0.29) is 29.7 Å². The number of amides is 2. The first-order chi connectivity index (χ1) is 13.7. The standard InChI is InChI=1S/C18H23N7O2S/c26-15(9-12-10-28-23-19-12)25-7-2-5-18(25)6-8-24(11-18)17(27)13-3-1-4-14-16(13)21-22-20-14/h10,13H,1-9,11H2,(H,20,21,22). The number of hydrogen-bond acceptors (Lipinski definition) is 7. The molecule has 2 saturated heterocycles. The summed E-state index contributed by atoms with van der Waals surface area (Å²) in [5.41, 5.74) is 2.24. The first-order valence-electron chi connectivity index (χ1n) is 9.91. The van der Waals surface area contributed by atoms with Crippen molar-refractivity contribution in [3.05, 3.63) is 22.5 Å². The van der Waals surface area contributed by atoms with Gasteiger partial charge in [0.15, 0.2) is 0 Å². The van der Waals surface area contributed by atoms with Crippen LogP contribution in [-0.2, 0) is 22.4 Å². The number of aromatic amines is 1. The molecule has 1 aliphatic carbocycles. The maximum atomic E-state index is 13.3. The van der Waals surface area contributed by atoms with Crippen LogP contribution in [0, 0.1) is 0 Å². The highest BCUT2D eigenvalue weighted by Crippen LogP contribution is 2.40. The van der Waals surface area contributed by atoms with Crippen LogP contribution in [0.4, 0.5) is 0 Å². The van der Waals surface area contributed by atoms with Gasteiger partial charge in [0.2, 0.25) is 11.8 Å². The summed E-state index contributed by atoms with van der Waals surface area (Å²) in [4.78, 5) is 30.1. The molecule has 2 amide bonds. The molecule has 9 nitrogen and oxygen atoms in total. The normalized spacial score (nSPS) is 26.8. The Morgan fingerprint density at radius 3 is 3.04 bits per heavy atom. The van der Waals surface area contributed by atoms with Crippen LogP contribution in [0.2, 0.25) is 0 Å². The van der Waals surface area contributed by atoms with Crippen molar-refractivity contribution < 1.29 is 9.59 Å². The number of rotatable bonds is 3. The van der Waals surface area contributed by atoms with Crippen molar-refractivity contribution in [1.29, 1.82) is 0 Å². The van der Waals surface area contributed by atoms with Gasteiger partial charge in [0.25, 0.3) is 0 Å². The molecule has 0 saturated carbocycles. The summed E-state index contributed by atoms with van der Waals surface area (Å²) in [5, 5.41) is 16.9. The second kappa shape index (κ2) is 6.91. The zero-order valence-electron chi connectivity index (χ0n) is 15.6. The number of carbonyl (C=O) groups is 2. The van der Waals surface area contributed by atoms with Gasteiger partial charge in [0.1, 0.15) is 0 Å². The lowest BCUT2D eigenvalue weighted by Gasteiger charge is -2.35. The van der Waals surface area contributed by atoms with E-state index < -0.39 is 0 Å². The van der Waals surface area contributed by atoms with E-state index in [0.29, 0.717) is 13.1 Å². The number of aryl methyl sites for hydroxylation is 1. The summed E-state index contributed by atoms with van der Waals surface area (Å²) in [6, 6.07) is 0. The monoisotopic (exact) mass is 401 g/mol. The predicted molar refractivity (Wildman–Crippen MR) is 101 cm³/mol. The number of likely N-dealkylation sites (tertiary alicyclic amines) is 2. The van der Waals surface area contributed by atoms with Crippen molar-refractivity contribution in [2.75, 3.05) is 19.6 Å². The van der Waals surface area contributed by atoms with E-state index in [1.165, 1.54) is 11.5 Å². The van der Waals surface area contributed by atoms with Crippen LogP contribution in [0.15, 0.2) is 5.38 Å². The van der Waals surface area contributed by atoms with Crippen molar-refractivity contribution in [3.8, 4) is 0 Å². The molecule has 2 aliphatic heterocycles. The van der Waals surface area contributed by atoms with Crippen LogP contribution in [0.5, 0.6) is 0 Å². The van der Waals surface area contributed by atoms with Crippen LogP contribution in [0.25, 0.3) is 0 Å². The number of nitrogens with one attached hydrogen (secondary N) is 1. The van der Waals surface area contributed by atoms with E-state index in [2.05, 4.69) is 25.0 Å². The van der Waals surface area contributed by atoms with Crippen LogP contribution < -0.4 is 0 Å². The summed E-state index contributed by atoms with van der Waals surface area (Å²) in [5.74, 6) is 0.0231. The highest BCUT2D eigenvalue weighted by molar-refractivity contribution is 7.03. The van der Waals surface area contributed by atoms with Gasteiger partial charge in [0, 0.05) is 25.0 Å².